The molecular formula is C9H13NO2. The second-order valence-electron chi connectivity index (χ2n) is 2.91. The lowest BCUT2D eigenvalue weighted by Gasteiger charge is -2.04. The van der Waals surface area contributed by atoms with Gasteiger partial charge in [0.05, 0.1) is 12.5 Å². The molecule has 0 fully saturated rings. The van der Waals surface area contributed by atoms with Crippen LogP contribution in [0.2, 0.25) is 0 Å². The number of ketones is 1. The Morgan fingerprint density at radius 2 is 2.50 bits per heavy atom. The zero-order valence-electron chi connectivity index (χ0n) is 7.12. The first-order chi connectivity index (χ1) is 5.74. The minimum Gasteiger partial charge on any atom is -0.472 e. The van der Waals surface area contributed by atoms with E-state index < -0.39 is 0 Å². The van der Waals surface area contributed by atoms with Crippen molar-refractivity contribution in [1.29, 1.82) is 0 Å². The maximum Gasteiger partial charge on any atom is 0.141 e. The van der Waals surface area contributed by atoms with Crippen molar-refractivity contribution in [3.05, 3.63) is 24.2 Å². The van der Waals surface area contributed by atoms with Gasteiger partial charge in [-0.25, -0.2) is 0 Å². The number of hydrogen-bond acceptors (Lipinski definition) is 3. The summed E-state index contributed by atoms with van der Waals surface area (Å²) in [6.45, 7) is 2.25. The van der Waals surface area contributed by atoms with Crippen LogP contribution < -0.4 is 5.73 Å². The van der Waals surface area contributed by atoms with E-state index in [9.17, 15) is 4.79 Å². The highest BCUT2D eigenvalue weighted by Crippen LogP contribution is 2.05. The molecule has 66 valence electrons. The van der Waals surface area contributed by atoms with E-state index >= 15 is 0 Å². The van der Waals surface area contributed by atoms with Crippen LogP contribution >= 0.6 is 0 Å². The van der Waals surface area contributed by atoms with Crippen molar-refractivity contribution in [3.63, 3.8) is 0 Å². The van der Waals surface area contributed by atoms with Gasteiger partial charge in [0.25, 0.3) is 0 Å². The highest BCUT2D eigenvalue weighted by molar-refractivity contribution is 5.83. The molecule has 0 aliphatic carbocycles. The zero-order valence-corrected chi connectivity index (χ0v) is 7.12. The van der Waals surface area contributed by atoms with Crippen molar-refractivity contribution in [2.75, 3.05) is 6.54 Å². The van der Waals surface area contributed by atoms with Crippen LogP contribution in [0.25, 0.3) is 0 Å². The van der Waals surface area contributed by atoms with Gasteiger partial charge in [-0.05, 0) is 11.6 Å². The van der Waals surface area contributed by atoms with Crippen molar-refractivity contribution < 1.29 is 9.21 Å². The molecule has 2 N–H and O–H groups in total. The number of rotatable bonds is 4. The number of carbonyl (C=O) groups excluding carboxylic acids is 1. The van der Waals surface area contributed by atoms with E-state index in [2.05, 4.69) is 0 Å². The molecule has 0 spiro atoms. The third kappa shape index (κ3) is 2.20. The smallest absolute Gasteiger partial charge is 0.141 e. The maximum absolute atomic E-state index is 11.3. The van der Waals surface area contributed by atoms with Gasteiger partial charge in [0.2, 0.25) is 0 Å². The van der Waals surface area contributed by atoms with Gasteiger partial charge in [-0.1, -0.05) is 6.92 Å². The van der Waals surface area contributed by atoms with Crippen LogP contribution in [-0.4, -0.2) is 12.3 Å². The third-order valence-electron chi connectivity index (χ3n) is 1.86. The second-order valence-corrected chi connectivity index (χ2v) is 2.91. The SMILES string of the molecule is CC(CN)C(=O)Cc1ccoc1. The maximum atomic E-state index is 11.3. The van der Waals surface area contributed by atoms with Gasteiger partial charge < -0.3 is 10.2 Å². The molecule has 0 aromatic carbocycles. The summed E-state index contributed by atoms with van der Waals surface area (Å²) in [5.74, 6) is 0.110. The minimum absolute atomic E-state index is 0.0556. The second kappa shape index (κ2) is 4.07. The first kappa shape index (κ1) is 9.00. The molecule has 1 rings (SSSR count). The van der Waals surface area contributed by atoms with Crippen LogP contribution in [0.15, 0.2) is 23.0 Å². The van der Waals surface area contributed by atoms with E-state index in [1.807, 2.05) is 6.92 Å². The van der Waals surface area contributed by atoms with Crippen molar-refractivity contribution >= 4 is 5.78 Å². The van der Waals surface area contributed by atoms with Gasteiger partial charge in [-0.3, -0.25) is 4.79 Å². The molecule has 0 bridgehead atoms. The van der Waals surface area contributed by atoms with Gasteiger partial charge in [0.1, 0.15) is 5.78 Å². The quantitative estimate of drug-likeness (QED) is 0.727. The Morgan fingerprint density at radius 1 is 1.75 bits per heavy atom. The van der Waals surface area contributed by atoms with Crippen LogP contribution in [0.3, 0.4) is 0 Å². The fraction of sp³-hybridized carbons (Fsp3) is 0.444. The average molecular weight is 167 g/mol. The molecule has 1 atom stereocenters. The number of Topliss-reactive ketones (excluding diaryl/α,β-unsaturated/α-hetero) is 1. The first-order valence-electron chi connectivity index (χ1n) is 3.98. The average Bonchev–Trinajstić information content (AvgIpc) is 2.55. The number of furan rings is 1. The summed E-state index contributed by atoms with van der Waals surface area (Å²) in [5, 5.41) is 0. The molecule has 0 aliphatic heterocycles. The lowest BCUT2D eigenvalue weighted by Crippen LogP contribution is -2.21. The van der Waals surface area contributed by atoms with Crippen LogP contribution in [0.1, 0.15) is 12.5 Å². The first-order valence-corrected chi connectivity index (χ1v) is 3.98. The van der Waals surface area contributed by atoms with Gasteiger partial charge in [0, 0.05) is 18.9 Å². The van der Waals surface area contributed by atoms with E-state index in [4.69, 9.17) is 10.2 Å². The zero-order chi connectivity index (χ0) is 8.97. The summed E-state index contributed by atoms with van der Waals surface area (Å²) in [6, 6.07) is 1.79. The molecule has 0 saturated carbocycles. The monoisotopic (exact) mass is 167 g/mol. The van der Waals surface area contributed by atoms with E-state index in [-0.39, 0.29) is 11.7 Å². The molecule has 0 saturated heterocycles. The summed E-state index contributed by atoms with van der Waals surface area (Å²) in [4.78, 5) is 11.3. The fourth-order valence-corrected chi connectivity index (χ4v) is 0.900. The Balaban J connectivity index is 2.47. The van der Waals surface area contributed by atoms with E-state index in [1.165, 1.54) is 0 Å². The molecule has 3 nitrogen and oxygen atoms in total. The molecule has 0 radical (unpaired) electrons. The van der Waals surface area contributed by atoms with Crippen LogP contribution in [0, 0.1) is 5.92 Å². The third-order valence-corrected chi connectivity index (χ3v) is 1.86. The van der Waals surface area contributed by atoms with Crippen molar-refractivity contribution in [2.24, 2.45) is 11.7 Å². The number of hydrogen-bond donors (Lipinski definition) is 1. The van der Waals surface area contributed by atoms with E-state index in [0.29, 0.717) is 13.0 Å². The molecular weight excluding hydrogens is 154 g/mol. The van der Waals surface area contributed by atoms with E-state index in [0.717, 1.165) is 5.56 Å². The Labute approximate surface area is 71.6 Å². The fourth-order valence-electron chi connectivity index (χ4n) is 0.900. The Bertz CT molecular complexity index is 241. The summed E-state index contributed by atoms with van der Waals surface area (Å²) < 4.78 is 4.85. The van der Waals surface area contributed by atoms with Gasteiger partial charge in [0.15, 0.2) is 0 Å². The number of carbonyl (C=O) groups is 1. The molecule has 1 aromatic heterocycles. The predicted octanol–water partition coefficient (Wildman–Crippen LogP) is 0.986. The lowest BCUT2D eigenvalue weighted by atomic mass is 10.0. The van der Waals surface area contributed by atoms with Crippen molar-refractivity contribution in [3.8, 4) is 0 Å². The lowest BCUT2D eigenvalue weighted by molar-refractivity contribution is -0.121. The van der Waals surface area contributed by atoms with Gasteiger partial charge in [-0.2, -0.15) is 0 Å². The molecule has 0 amide bonds. The summed E-state index contributed by atoms with van der Waals surface area (Å²) in [7, 11) is 0. The molecule has 0 aliphatic rings. The molecule has 1 unspecified atom stereocenters. The minimum atomic E-state index is -0.0556. The number of nitrogens with two attached hydrogens (primary N) is 1. The van der Waals surface area contributed by atoms with Crippen molar-refractivity contribution in [2.45, 2.75) is 13.3 Å². The Kier molecular flexibility index (Phi) is 3.05. The normalized spacial score (nSPS) is 12.8. The Hall–Kier alpha value is -1.09. The summed E-state index contributed by atoms with van der Waals surface area (Å²) in [5.41, 5.74) is 6.27. The van der Waals surface area contributed by atoms with Crippen LogP contribution in [0.5, 0.6) is 0 Å². The molecule has 1 aromatic rings. The summed E-state index contributed by atoms with van der Waals surface area (Å²) in [6.07, 6.45) is 3.58. The van der Waals surface area contributed by atoms with Crippen molar-refractivity contribution in [1.82, 2.24) is 0 Å². The largest absolute Gasteiger partial charge is 0.472 e. The van der Waals surface area contributed by atoms with Gasteiger partial charge in [-0.15, -0.1) is 0 Å². The standard InChI is InChI=1S/C9H13NO2/c1-7(5-10)9(11)4-8-2-3-12-6-8/h2-3,6-7H,4-5,10H2,1H3. The van der Waals surface area contributed by atoms with Crippen LogP contribution in [0.4, 0.5) is 0 Å². The Morgan fingerprint density at radius 3 is 3.00 bits per heavy atom. The highest BCUT2D eigenvalue weighted by Gasteiger charge is 2.11. The topological polar surface area (TPSA) is 56.2 Å². The van der Waals surface area contributed by atoms with E-state index in [1.54, 1.807) is 18.6 Å². The summed E-state index contributed by atoms with van der Waals surface area (Å²) >= 11 is 0. The van der Waals surface area contributed by atoms with Crippen LogP contribution in [-0.2, 0) is 11.2 Å². The predicted molar refractivity (Wildman–Crippen MR) is 45.6 cm³/mol. The molecule has 12 heavy (non-hydrogen) atoms. The molecule has 3 heteroatoms. The highest BCUT2D eigenvalue weighted by atomic mass is 16.3. The molecule has 1 heterocycles. The van der Waals surface area contributed by atoms with Gasteiger partial charge >= 0.3 is 0 Å².